The number of rotatable bonds is 4. The number of oxazole rings is 1. The third-order valence-electron chi connectivity index (χ3n) is 5.27. The van der Waals surface area contributed by atoms with Crippen molar-refractivity contribution in [3.8, 4) is 11.5 Å². The lowest BCUT2D eigenvalue weighted by Crippen LogP contribution is -2.39. The molecule has 0 bridgehead atoms. The van der Waals surface area contributed by atoms with Gasteiger partial charge in [-0.1, -0.05) is 42.3 Å². The molecular formula is C24H26N2O2S. The van der Waals surface area contributed by atoms with Crippen LogP contribution < -0.4 is 0 Å². The molecule has 1 amide bonds. The molecule has 0 radical (unpaired) electrons. The summed E-state index contributed by atoms with van der Waals surface area (Å²) in [6.45, 7) is 7.86. The second-order valence-electron chi connectivity index (χ2n) is 7.93. The van der Waals surface area contributed by atoms with Crippen molar-refractivity contribution >= 4 is 17.7 Å². The zero-order chi connectivity index (χ0) is 20.4. The number of carbonyl (C=O) groups excluding carboxylic acids is 1. The normalized spacial score (nSPS) is 16.8. The first-order valence-corrected chi connectivity index (χ1v) is 10.9. The molecule has 1 aliphatic heterocycles. The van der Waals surface area contributed by atoms with E-state index in [4.69, 9.17) is 4.42 Å². The number of nitrogens with zero attached hydrogens (tertiary/aromatic N) is 2. The van der Waals surface area contributed by atoms with E-state index in [1.54, 1.807) is 0 Å². The van der Waals surface area contributed by atoms with Crippen molar-refractivity contribution in [2.75, 3.05) is 13.1 Å². The summed E-state index contributed by atoms with van der Waals surface area (Å²) in [7, 11) is 0. The average Bonchev–Trinajstić information content (AvgIpc) is 3.13. The molecule has 0 N–H and O–H groups in total. The first kappa shape index (κ1) is 19.8. The minimum Gasteiger partial charge on any atom is -0.429 e. The maximum Gasteiger partial charge on any atom is 0.277 e. The second-order valence-corrected chi connectivity index (χ2v) is 8.98. The summed E-state index contributed by atoms with van der Waals surface area (Å²) in [5, 5.41) is 0.563. The zero-order valence-corrected chi connectivity index (χ0v) is 18.0. The molecule has 1 fully saturated rings. The number of aromatic nitrogens is 1. The number of carbonyl (C=O) groups is 1. The number of hydrogen-bond donors (Lipinski definition) is 0. The molecule has 150 valence electrons. The molecule has 0 saturated carbocycles. The standard InChI is InChI=1S/C24H26N2O2S/c1-16-6-10-19(11-7-16)22-25-21(23(27)26-14-4-5-18(3)15-26)24(28-22)29-20-12-8-17(2)9-13-20/h6-13,18H,4-5,14-15H2,1-3H3. The molecule has 1 saturated heterocycles. The number of aryl methyl sites for hydroxylation is 2. The van der Waals surface area contributed by atoms with Crippen LogP contribution in [0.3, 0.4) is 0 Å². The molecule has 4 nitrogen and oxygen atoms in total. The first-order valence-electron chi connectivity index (χ1n) is 10.1. The summed E-state index contributed by atoms with van der Waals surface area (Å²) in [4.78, 5) is 20.9. The van der Waals surface area contributed by atoms with E-state index in [2.05, 4.69) is 31.0 Å². The third-order valence-corrected chi connectivity index (χ3v) is 6.24. The van der Waals surface area contributed by atoms with E-state index >= 15 is 0 Å². The maximum atomic E-state index is 13.3. The van der Waals surface area contributed by atoms with Crippen LogP contribution in [0.25, 0.3) is 11.5 Å². The molecule has 1 atom stereocenters. The maximum absolute atomic E-state index is 13.3. The molecule has 3 aromatic rings. The Morgan fingerprint density at radius 3 is 2.38 bits per heavy atom. The fourth-order valence-corrected chi connectivity index (χ4v) is 4.40. The number of amides is 1. The van der Waals surface area contributed by atoms with Crippen LogP contribution in [0.4, 0.5) is 0 Å². The number of piperidine rings is 1. The second kappa shape index (κ2) is 8.46. The molecule has 0 spiro atoms. The third kappa shape index (κ3) is 4.56. The van der Waals surface area contributed by atoms with Crippen LogP contribution >= 0.6 is 11.8 Å². The van der Waals surface area contributed by atoms with Gasteiger partial charge in [-0.3, -0.25) is 4.79 Å². The van der Waals surface area contributed by atoms with Gasteiger partial charge in [0.2, 0.25) is 5.89 Å². The van der Waals surface area contributed by atoms with Crippen molar-refractivity contribution in [1.29, 1.82) is 0 Å². The van der Waals surface area contributed by atoms with Gasteiger partial charge in [0, 0.05) is 23.5 Å². The highest BCUT2D eigenvalue weighted by Crippen LogP contribution is 2.35. The quantitative estimate of drug-likeness (QED) is 0.534. The largest absolute Gasteiger partial charge is 0.429 e. The smallest absolute Gasteiger partial charge is 0.277 e. The van der Waals surface area contributed by atoms with Gasteiger partial charge in [-0.15, -0.1) is 0 Å². The van der Waals surface area contributed by atoms with Gasteiger partial charge in [-0.05, 0) is 68.6 Å². The van der Waals surface area contributed by atoms with E-state index in [-0.39, 0.29) is 5.91 Å². The summed E-state index contributed by atoms with van der Waals surface area (Å²) >= 11 is 1.46. The van der Waals surface area contributed by atoms with Gasteiger partial charge in [0.1, 0.15) is 0 Å². The van der Waals surface area contributed by atoms with Crippen LogP contribution in [0.5, 0.6) is 0 Å². The Morgan fingerprint density at radius 2 is 1.72 bits per heavy atom. The molecule has 2 heterocycles. The average molecular weight is 407 g/mol. The zero-order valence-electron chi connectivity index (χ0n) is 17.1. The molecule has 0 aliphatic carbocycles. The van der Waals surface area contributed by atoms with E-state index in [0.717, 1.165) is 30.0 Å². The van der Waals surface area contributed by atoms with Crippen LogP contribution in [0.2, 0.25) is 0 Å². The summed E-state index contributed by atoms with van der Waals surface area (Å²) in [6, 6.07) is 16.2. The van der Waals surface area contributed by atoms with Crippen molar-refractivity contribution in [2.45, 2.75) is 43.6 Å². The highest BCUT2D eigenvalue weighted by atomic mass is 32.2. The Labute approximate surface area is 176 Å². The topological polar surface area (TPSA) is 46.3 Å². The van der Waals surface area contributed by atoms with Gasteiger partial charge in [-0.2, -0.15) is 0 Å². The molecule has 1 aliphatic rings. The SMILES string of the molecule is Cc1ccc(Sc2oc(-c3ccc(C)cc3)nc2C(=O)N2CCCC(C)C2)cc1. The molecule has 1 unspecified atom stereocenters. The van der Waals surface area contributed by atoms with Gasteiger partial charge < -0.3 is 9.32 Å². The fraction of sp³-hybridized carbons (Fsp3) is 0.333. The van der Waals surface area contributed by atoms with Gasteiger partial charge >= 0.3 is 0 Å². The summed E-state index contributed by atoms with van der Waals surface area (Å²) in [5.41, 5.74) is 3.67. The van der Waals surface area contributed by atoms with Crippen molar-refractivity contribution in [1.82, 2.24) is 9.88 Å². The summed E-state index contributed by atoms with van der Waals surface area (Å²) in [6.07, 6.45) is 2.21. The molecule has 2 aromatic carbocycles. The lowest BCUT2D eigenvalue weighted by Gasteiger charge is -2.30. The molecule has 1 aromatic heterocycles. The molecule has 5 heteroatoms. The Morgan fingerprint density at radius 1 is 1.07 bits per heavy atom. The summed E-state index contributed by atoms with van der Waals surface area (Å²) in [5.74, 6) is 0.977. The van der Waals surface area contributed by atoms with Crippen LogP contribution in [-0.2, 0) is 0 Å². The molecular weight excluding hydrogens is 380 g/mol. The minimum absolute atomic E-state index is 0.0340. The van der Waals surface area contributed by atoms with Crippen molar-refractivity contribution in [3.63, 3.8) is 0 Å². The highest BCUT2D eigenvalue weighted by molar-refractivity contribution is 7.99. The number of benzene rings is 2. The van der Waals surface area contributed by atoms with Crippen molar-refractivity contribution in [3.05, 3.63) is 65.4 Å². The van der Waals surface area contributed by atoms with E-state index in [9.17, 15) is 4.79 Å². The number of hydrogen-bond acceptors (Lipinski definition) is 4. The molecule has 4 rings (SSSR count). The van der Waals surface area contributed by atoms with Gasteiger partial charge in [0.25, 0.3) is 5.91 Å². The van der Waals surface area contributed by atoms with E-state index < -0.39 is 0 Å². The predicted molar refractivity (Wildman–Crippen MR) is 116 cm³/mol. The Balaban J connectivity index is 1.69. The summed E-state index contributed by atoms with van der Waals surface area (Å²) < 4.78 is 6.12. The molecule has 29 heavy (non-hydrogen) atoms. The van der Waals surface area contributed by atoms with Crippen molar-refractivity contribution < 1.29 is 9.21 Å². The lowest BCUT2D eigenvalue weighted by atomic mass is 10.0. The van der Waals surface area contributed by atoms with E-state index in [1.807, 2.05) is 48.2 Å². The van der Waals surface area contributed by atoms with E-state index in [1.165, 1.54) is 29.3 Å². The Kier molecular flexibility index (Phi) is 5.76. The van der Waals surface area contributed by atoms with Crippen LogP contribution in [-0.4, -0.2) is 28.9 Å². The van der Waals surface area contributed by atoms with Crippen LogP contribution in [0, 0.1) is 19.8 Å². The van der Waals surface area contributed by atoms with Crippen LogP contribution in [0.15, 0.2) is 62.9 Å². The number of likely N-dealkylation sites (tertiary alicyclic amines) is 1. The Bertz CT molecular complexity index is 993. The highest BCUT2D eigenvalue weighted by Gasteiger charge is 2.28. The van der Waals surface area contributed by atoms with Gasteiger partial charge in [0.15, 0.2) is 10.8 Å². The van der Waals surface area contributed by atoms with Crippen molar-refractivity contribution in [2.24, 2.45) is 5.92 Å². The van der Waals surface area contributed by atoms with Gasteiger partial charge in [0.05, 0.1) is 0 Å². The Hall–Kier alpha value is -2.53. The fourth-order valence-electron chi connectivity index (χ4n) is 3.57. The van der Waals surface area contributed by atoms with E-state index in [0.29, 0.717) is 22.6 Å². The van der Waals surface area contributed by atoms with Crippen LogP contribution in [0.1, 0.15) is 41.4 Å². The first-order chi connectivity index (χ1) is 14.0. The lowest BCUT2D eigenvalue weighted by molar-refractivity contribution is 0.0671. The monoisotopic (exact) mass is 406 g/mol. The van der Waals surface area contributed by atoms with Gasteiger partial charge in [-0.25, -0.2) is 4.98 Å². The minimum atomic E-state index is -0.0340. The predicted octanol–water partition coefficient (Wildman–Crippen LogP) is 5.98.